The van der Waals surface area contributed by atoms with Gasteiger partial charge in [-0.05, 0) is 71.8 Å². The molecule has 1 unspecified atom stereocenters. The predicted octanol–water partition coefficient (Wildman–Crippen LogP) is 6.32. The average Bonchev–Trinajstić information content (AvgIpc) is 3.14. The minimum absolute atomic E-state index is 0.0850. The van der Waals surface area contributed by atoms with Crippen LogP contribution in [0.5, 0.6) is 11.5 Å². The first-order chi connectivity index (χ1) is 18.0. The smallest absolute Gasteiger partial charge is 0.295 e. The number of Topliss-reactive ketones (excluding diaryl/α,β-unsaturated/α-hetero) is 1. The van der Waals surface area contributed by atoms with Gasteiger partial charge in [0.25, 0.3) is 11.7 Å². The standard InChI is InChI=1S/C32H35NO5/c1-7-38-25-16-11-22(12-17-25)28-27(29(34)26-18-23(32(3,4)5)13-8-20(26)2)30(35)31(36)33(28)19-21-9-14-24(37-6)15-10-21/h8-18,28,34H,7,19H2,1-6H3/b29-27+. The van der Waals surface area contributed by atoms with Gasteiger partial charge in [-0.1, -0.05) is 57.2 Å². The molecule has 6 heteroatoms. The van der Waals surface area contributed by atoms with Crippen molar-refractivity contribution in [2.24, 2.45) is 0 Å². The van der Waals surface area contributed by atoms with Crippen LogP contribution in [0.15, 0.2) is 72.3 Å². The zero-order valence-corrected chi connectivity index (χ0v) is 22.9. The van der Waals surface area contributed by atoms with Gasteiger partial charge in [-0.2, -0.15) is 0 Å². The largest absolute Gasteiger partial charge is 0.507 e. The molecular weight excluding hydrogens is 478 g/mol. The lowest BCUT2D eigenvalue weighted by Gasteiger charge is -2.26. The van der Waals surface area contributed by atoms with Gasteiger partial charge in [0.15, 0.2) is 0 Å². The zero-order chi connectivity index (χ0) is 27.6. The molecule has 1 aliphatic rings. The first-order valence-electron chi connectivity index (χ1n) is 12.8. The van der Waals surface area contributed by atoms with Crippen LogP contribution in [0.1, 0.15) is 61.6 Å². The number of benzene rings is 3. The summed E-state index contributed by atoms with van der Waals surface area (Å²) in [5, 5.41) is 11.6. The van der Waals surface area contributed by atoms with E-state index in [-0.39, 0.29) is 23.3 Å². The molecule has 198 valence electrons. The zero-order valence-electron chi connectivity index (χ0n) is 22.9. The minimum Gasteiger partial charge on any atom is -0.507 e. The fraction of sp³-hybridized carbons (Fsp3) is 0.312. The monoisotopic (exact) mass is 513 g/mol. The highest BCUT2D eigenvalue weighted by Crippen LogP contribution is 2.41. The van der Waals surface area contributed by atoms with E-state index < -0.39 is 17.7 Å². The summed E-state index contributed by atoms with van der Waals surface area (Å²) in [6.45, 7) is 10.8. The number of likely N-dealkylation sites (tertiary alicyclic amines) is 1. The maximum absolute atomic E-state index is 13.5. The number of methoxy groups -OCH3 is 1. The van der Waals surface area contributed by atoms with Crippen molar-refractivity contribution in [3.63, 3.8) is 0 Å². The van der Waals surface area contributed by atoms with E-state index in [0.717, 1.165) is 16.7 Å². The maximum atomic E-state index is 13.5. The van der Waals surface area contributed by atoms with Crippen LogP contribution in [0.25, 0.3) is 5.76 Å². The van der Waals surface area contributed by atoms with Crippen molar-refractivity contribution in [2.75, 3.05) is 13.7 Å². The first-order valence-corrected chi connectivity index (χ1v) is 12.8. The molecule has 0 saturated carbocycles. The highest BCUT2D eigenvalue weighted by Gasteiger charge is 2.46. The molecule has 1 amide bonds. The second-order valence-corrected chi connectivity index (χ2v) is 10.6. The normalized spacial score (nSPS) is 17.1. The van der Waals surface area contributed by atoms with Gasteiger partial charge in [0.2, 0.25) is 0 Å². The van der Waals surface area contributed by atoms with E-state index in [4.69, 9.17) is 9.47 Å². The molecule has 1 atom stereocenters. The summed E-state index contributed by atoms with van der Waals surface area (Å²) in [4.78, 5) is 28.5. The molecule has 4 rings (SSSR count). The number of aryl methyl sites for hydroxylation is 1. The lowest BCUT2D eigenvalue weighted by Crippen LogP contribution is -2.29. The Morgan fingerprint density at radius 1 is 0.947 bits per heavy atom. The molecule has 1 N–H and O–H groups in total. The Labute approximate surface area is 224 Å². The third kappa shape index (κ3) is 5.30. The summed E-state index contributed by atoms with van der Waals surface area (Å²) in [5.41, 5.74) is 3.88. The van der Waals surface area contributed by atoms with Crippen LogP contribution < -0.4 is 9.47 Å². The molecule has 0 spiro atoms. The van der Waals surface area contributed by atoms with Crippen molar-refractivity contribution in [3.05, 3.63) is 100 Å². The Kier molecular flexibility index (Phi) is 7.63. The lowest BCUT2D eigenvalue weighted by atomic mass is 9.84. The van der Waals surface area contributed by atoms with Crippen molar-refractivity contribution in [1.82, 2.24) is 4.90 Å². The van der Waals surface area contributed by atoms with Crippen LogP contribution in [0.2, 0.25) is 0 Å². The van der Waals surface area contributed by atoms with Crippen molar-refractivity contribution in [1.29, 1.82) is 0 Å². The van der Waals surface area contributed by atoms with E-state index >= 15 is 0 Å². The van der Waals surface area contributed by atoms with Gasteiger partial charge in [-0.15, -0.1) is 0 Å². The first kappa shape index (κ1) is 27.0. The van der Waals surface area contributed by atoms with E-state index in [1.807, 2.05) is 80.6 Å². The summed E-state index contributed by atoms with van der Waals surface area (Å²) in [7, 11) is 1.59. The van der Waals surface area contributed by atoms with E-state index in [2.05, 4.69) is 20.8 Å². The van der Waals surface area contributed by atoms with Gasteiger partial charge in [0, 0.05) is 12.1 Å². The van der Waals surface area contributed by atoms with Crippen LogP contribution >= 0.6 is 0 Å². The molecule has 1 saturated heterocycles. The van der Waals surface area contributed by atoms with Crippen molar-refractivity contribution in [3.8, 4) is 11.5 Å². The van der Waals surface area contributed by atoms with E-state index in [1.165, 1.54) is 4.90 Å². The van der Waals surface area contributed by atoms with Crippen LogP contribution in [0, 0.1) is 6.92 Å². The second kappa shape index (κ2) is 10.7. The van der Waals surface area contributed by atoms with E-state index in [1.54, 1.807) is 7.11 Å². The van der Waals surface area contributed by atoms with E-state index in [0.29, 0.717) is 29.2 Å². The summed E-state index contributed by atoms with van der Waals surface area (Å²) in [5.74, 6) is -0.116. The third-order valence-corrected chi connectivity index (χ3v) is 6.92. The second-order valence-electron chi connectivity index (χ2n) is 10.6. The number of hydrogen-bond acceptors (Lipinski definition) is 5. The number of nitrogens with zero attached hydrogens (tertiary/aromatic N) is 1. The molecular formula is C32H35NO5. The van der Waals surface area contributed by atoms with Crippen LogP contribution in [0.3, 0.4) is 0 Å². The lowest BCUT2D eigenvalue weighted by molar-refractivity contribution is -0.140. The number of amides is 1. The highest BCUT2D eigenvalue weighted by atomic mass is 16.5. The van der Waals surface area contributed by atoms with Crippen LogP contribution in [-0.2, 0) is 21.5 Å². The fourth-order valence-electron chi connectivity index (χ4n) is 4.72. The molecule has 38 heavy (non-hydrogen) atoms. The predicted molar refractivity (Wildman–Crippen MR) is 148 cm³/mol. The van der Waals surface area contributed by atoms with Gasteiger partial charge in [-0.3, -0.25) is 9.59 Å². The number of ketones is 1. The molecule has 0 radical (unpaired) electrons. The molecule has 1 aliphatic heterocycles. The Morgan fingerprint density at radius 2 is 1.58 bits per heavy atom. The Balaban J connectivity index is 1.86. The fourth-order valence-corrected chi connectivity index (χ4v) is 4.72. The molecule has 3 aromatic rings. The number of aliphatic hydroxyl groups excluding tert-OH is 1. The van der Waals surface area contributed by atoms with Gasteiger partial charge >= 0.3 is 0 Å². The van der Waals surface area contributed by atoms with Crippen molar-refractivity contribution >= 4 is 17.4 Å². The highest BCUT2D eigenvalue weighted by molar-refractivity contribution is 6.46. The molecule has 1 fully saturated rings. The van der Waals surface area contributed by atoms with E-state index in [9.17, 15) is 14.7 Å². The quantitative estimate of drug-likeness (QED) is 0.227. The third-order valence-electron chi connectivity index (χ3n) is 6.92. The molecule has 0 aliphatic carbocycles. The number of hydrogen-bond donors (Lipinski definition) is 1. The topological polar surface area (TPSA) is 76.1 Å². The Hall–Kier alpha value is -4.06. The maximum Gasteiger partial charge on any atom is 0.295 e. The van der Waals surface area contributed by atoms with Gasteiger partial charge in [0.1, 0.15) is 17.3 Å². The minimum atomic E-state index is -0.759. The molecule has 3 aromatic carbocycles. The Morgan fingerprint density at radius 3 is 2.16 bits per heavy atom. The van der Waals surface area contributed by atoms with Gasteiger partial charge in [0.05, 0.1) is 25.3 Å². The van der Waals surface area contributed by atoms with Crippen LogP contribution in [0.4, 0.5) is 0 Å². The van der Waals surface area contributed by atoms with Crippen LogP contribution in [-0.4, -0.2) is 35.4 Å². The molecule has 0 aromatic heterocycles. The number of carbonyl (C=O) groups excluding carboxylic acids is 2. The van der Waals surface area contributed by atoms with Gasteiger partial charge < -0.3 is 19.5 Å². The Bertz CT molecular complexity index is 1360. The van der Waals surface area contributed by atoms with Crippen molar-refractivity contribution < 1.29 is 24.2 Å². The molecule has 6 nitrogen and oxygen atoms in total. The molecule has 0 bridgehead atoms. The number of rotatable bonds is 7. The summed E-state index contributed by atoms with van der Waals surface area (Å²) in [6.07, 6.45) is 0. The number of aliphatic hydroxyl groups is 1. The number of carbonyl (C=O) groups is 2. The molecule has 1 heterocycles. The SMILES string of the molecule is CCOc1ccc(C2/C(=C(\O)c3cc(C(C)(C)C)ccc3C)C(=O)C(=O)N2Cc2ccc(OC)cc2)cc1. The summed E-state index contributed by atoms with van der Waals surface area (Å²) in [6, 6.07) is 19.8. The van der Waals surface area contributed by atoms with Crippen molar-refractivity contribution in [2.45, 2.75) is 52.6 Å². The number of ether oxygens (including phenoxy) is 2. The van der Waals surface area contributed by atoms with Gasteiger partial charge in [-0.25, -0.2) is 0 Å². The summed E-state index contributed by atoms with van der Waals surface area (Å²) < 4.78 is 10.8. The average molecular weight is 514 g/mol. The summed E-state index contributed by atoms with van der Waals surface area (Å²) >= 11 is 0.